The number of phenols is 1. The maximum Gasteiger partial charge on any atom is 0.332 e. The summed E-state index contributed by atoms with van der Waals surface area (Å²) in [4.78, 5) is 11.5. The van der Waals surface area contributed by atoms with Gasteiger partial charge in [-0.3, -0.25) is 0 Å². The molecule has 1 fully saturated rings. The summed E-state index contributed by atoms with van der Waals surface area (Å²) in [7, 11) is 0. The van der Waals surface area contributed by atoms with E-state index in [2.05, 4.69) is 0 Å². The molecule has 1 aliphatic rings. The maximum absolute atomic E-state index is 11.5. The van der Waals surface area contributed by atoms with Gasteiger partial charge in [-0.15, -0.1) is 0 Å². The molecule has 0 bridgehead atoms. The van der Waals surface area contributed by atoms with Crippen molar-refractivity contribution in [2.24, 2.45) is 5.41 Å². The zero-order valence-corrected chi connectivity index (χ0v) is 13.0. The minimum atomic E-state index is -0.777. The van der Waals surface area contributed by atoms with Crippen LogP contribution >= 0.6 is 0 Å². The van der Waals surface area contributed by atoms with Gasteiger partial charge in [0, 0.05) is 5.57 Å². The fourth-order valence-corrected chi connectivity index (χ4v) is 3.30. The molecule has 3 heteroatoms. The van der Waals surface area contributed by atoms with Crippen LogP contribution in [0.5, 0.6) is 5.75 Å². The van der Waals surface area contributed by atoms with E-state index < -0.39 is 5.97 Å². The van der Waals surface area contributed by atoms with E-state index in [1.165, 1.54) is 5.56 Å². The van der Waals surface area contributed by atoms with Gasteiger partial charge in [-0.25, -0.2) is 4.79 Å². The third-order valence-corrected chi connectivity index (χ3v) is 4.27. The van der Waals surface area contributed by atoms with E-state index in [0.717, 1.165) is 31.3 Å². The van der Waals surface area contributed by atoms with Gasteiger partial charge in [0.2, 0.25) is 0 Å². The highest BCUT2D eigenvalue weighted by atomic mass is 16.4. The zero-order chi connectivity index (χ0) is 15.6. The summed E-state index contributed by atoms with van der Waals surface area (Å²) in [6.45, 7) is 5.90. The molecule has 0 spiro atoms. The van der Waals surface area contributed by atoms with Crippen LogP contribution in [-0.2, 0) is 4.79 Å². The van der Waals surface area contributed by atoms with Crippen molar-refractivity contribution in [3.05, 3.63) is 41.0 Å². The molecule has 0 heterocycles. The lowest BCUT2D eigenvalue weighted by atomic mass is 9.75. The molecule has 1 aliphatic carbocycles. The van der Waals surface area contributed by atoms with Crippen LogP contribution in [0.1, 0.15) is 57.9 Å². The minimum absolute atomic E-state index is 0.288. The Bertz CT molecular complexity index is 537. The van der Waals surface area contributed by atoms with E-state index in [1.807, 2.05) is 32.9 Å². The summed E-state index contributed by atoms with van der Waals surface area (Å²) >= 11 is 0. The van der Waals surface area contributed by atoms with E-state index in [1.54, 1.807) is 12.1 Å². The average Bonchev–Trinajstić information content (AvgIpc) is 2.38. The van der Waals surface area contributed by atoms with Gasteiger partial charge < -0.3 is 10.2 Å². The Kier molecular flexibility index (Phi) is 4.40. The summed E-state index contributed by atoms with van der Waals surface area (Å²) in [6.07, 6.45) is 3.66. The second kappa shape index (κ2) is 5.92. The lowest BCUT2D eigenvalue weighted by Gasteiger charge is -2.29. The molecule has 0 unspecified atom stereocenters. The Morgan fingerprint density at radius 2 is 1.62 bits per heavy atom. The number of benzene rings is 1. The first kappa shape index (κ1) is 15.6. The highest BCUT2D eigenvalue weighted by Gasteiger charge is 2.29. The predicted molar refractivity (Wildman–Crippen MR) is 83.4 cm³/mol. The van der Waals surface area contributed by atoms with Gasteiger partial charge in [0.1, 0.15) is 5.75 Å². The molecular weight excluding hydrogens is 264 g/mol. The fourth-order valence-electron chi connectivity index (χ4n) is 3.30. The number of aromatic hydroxyl groups is 1. The van der Waals surface area contributed by atoms with Crippen LogP contribution in [-0.4, -0.2) is 16.2 Å². The van der Waals surface area contributed by atoms with Crippen LogP contribution in [0.4, 0.5) is 0 Å². The van der Waals surface area contributed by atoms with Gasteiger partial charge in [0.05, 0.1) is 0 Å². The van der Waals surface area contributed by atoms with E-state index in [0.29, 0.717) is 11.5 Å². The second-order valence-corrected chi connectivity index (χ2v) is 6.90. The van der Waals surface area contributed by atoms with Gasteiger partial charge in [0.15, 0.2) is 0 Å². The number of carboxylic acid groups (broad SMARTS) is 1. The number of carboxylic acids is 1. The van der Waals surface area contributed by atoms with Crippen molar-refractivity contribution < 1.29 is 15.0 Å². The van der Waals surface area contributed by atoms with Gasteiger partial charge >= 0.3 is 5.97 Å². The van der Waals surface area contributed by atoms with Gasteiger partial charge in [-0.2, -0.15) is 0 Å². The monoisotopic (exact) mass is 288 g/mol. The zero-order valence-electron chi connectivity index (χ0n) is 13.0. The Balaban J connectivity index is 2.15. The summed E-state index contributed by atoms with van der Waals surface area (Å²) < 4.78 is 0. The molecule has 0 amide bonds. The Hall–Kier alpha value is -1.77. The standard InChI is InChI=1S/C18H24O3/c1-18(2,3)16(17(20)21)14-6-4-12(5-7-14)13-8-10-15(19)11-9-13/h8-12,19H,4-7H2,1-3H3,(H,20,21). The first-order chi connectivity index (χ1) is 9.79. The van der Waals surface area contributed by atoms with E-state index >= 15 is 0 Å². The Labute approximate surface area is 126 Å². The number of aliphatic carboxylic acids is 1. The van der Waals surface area contributed by atoms with Crippen molar-refractivity contribution >= 4 is 5.97 Å². The molecule has 2 rings (SSSR count). The predicted octanol–water partition coefficient (Wildman–Crippen LogP) is 4.48. The van der Waals surface area contributed by atoms with Crippen molar-refractivity contribution in [2.75, 3.05) is 0 Å². The van der Waals surface area contributed by atoms with Crippen LogP contribution in [0.3, 0.4) is 0 Å². The number of phenolic OH excluding ortho intramolecular Hbond substituents is 1. The molecule has 21 heavy (non-hydrogen) atoms. The van der Waals surface area contributed by atoms with Gasteiger partial charge in [-0.05, 0) is 54.7 Å². The second-order valence-electron chi connectivity index (χ2n) is 6.90. The smallest absolute Gasteiger partial charge is 0.332 e. The van der Waals surface area contributed by atoms with Crippen molar-refractivity contribution in [2.45, 2.75) is 52.4 Å². The maximum atomic E-state index is 11.5. The Morgan fingerprint density at radius 1 is 1.10 bits per heavy atom. The lowest BCUT2D eigenvalue weighted by molar-refractivity contribution is -0.133. The molecular formula is C18H24O3. The number of hydrogen-bond acceptors (Lipinski definition) is 2. The SMILES string of the molecule is CC(C)(C)C(C(=O)O)=C1CCC(c2ccc(O)cc2)CC1. The first-order valence-corrected chi connectivity index (χ1v) is 7.53. The van der Waals surface area contributed by atoms with Gasteiger partial charge in [0.25, 0.3) is 0 Å². The van der Waals surface area contributed by atoms with Gasteiger partial charge in [-0.1, -0.05) is 38.5 Å². The summed E-state index contributed by atoms with van der Waals surface area (Å²) in [5.41, 5.74) is 2.61. The molecule has 3 nitrogen and oxygen atoms in total. The highest BCUT2D eigenvalue weighted by molar-refractivity contribution is 5.89. The van der Waals surface area contributed by atoms with E-state index in [9.17, 15) is 15.0 Å². The van der Waals surface area contributed by atoms with Crippen LogP contribution in [0.25, 0.3) is 0 Å². The molecule has 1 aromatic carbocycles. The number of carbonyl (C=O) groups is 1. The molecule has 1 aromatic rings. The Morgan fingerprint density at radius 3 is 2.05 bits per heavy atom. The quantitative estimate of drug-likeness (QED) is 0.789. The average molecular weight is 288 g/mol. The summed E-state index contributed by atoms with van der Waals surface area (Å²) in [6, 6.07) is 7.38. The number of rotatable bonds is 2. The molecule has 0 aliphatic heterocycles. The number of allylic oxidation sites excluding steroid dienone is 1. The third kappa shape index (κ3) is 3.66. The third-order valence-electron chi connectivity index (χ3n) is 4.27. The van der Waals surface area contributed by atoms with Crippen LogP contribution in [0.2, 0.25) is 0 Å². The first-order valence-electron chi connectivity index (χ1n) is 7.53. The topological polar surface area (TPSA) is 57.5 Å². The van der Waals surface area contributed by atoms with Crippen LogP contribution in [0, 0.1) is 5.41 Å². The van der Waals surface area contributed by atoms with Crippen LogP contribution in [0.15, 0.2) is 35.4 Å². The molecule has 0 saturated heterocycles. The van der Waals surface area contributed by atoms with Crippen molar-refractivity contribution in [3.63, 3.8) is 0 Å². The van der Waals surface area contributed by atoms with Crippen molar-refractivity contribution in [1.82, 2.24) is 0 Å². The fraction of sp³-hybridized carbons (Fsp3) is 0.500. The molecule has 114 valence electrons. The summed E-state index contributed by atoms with van der Waals surface area (Å²) in [5.74, 6) is -0.0269. The molecule has 0 aromatic heterocycles. The van der Waals surface area contributed by atoms with Crippen molar-refractivity contribution in [1.29, 1.82) is 0 Å². The molecule has 1 saturated carbocycles. The van der Waals surface area contributed by atoms with E-state index in [-0.39, 0.29) is 11.2 Å². The molecule has 0 atom stereocenters. The van der Waals surface area contributed by atoms with Crippen LogP contribution < -0.4 is 0 Å². The van der Waals surface area contributed by atoms with Crippen molar-refractivity contribution in [3.8, 4) is 5.75 Å². The summed E-state index contributed by atoms with van der Waals surface area (Å²) in [5, 5.41) is 18.8. The lowest BCUT2D eigenvalue weighted by Crippen LogP contribution is -2.22. The molecule has 2 N–H and O–H groups in total. The minimum Gasteiger partial charge on any atom is -0.508 e. The largest absolute Gasteiger partial charge is 0.508 e. The molecule has 0 radical (unpaired) electrons. The number of hydrogen-bond donors (Lipinski definition) is 2. The highest BCUT2D eigenvalue weighted by Crippen LogP contribution is 2.40. The normalized spacial score (nSPS) is 19.4. The van der Waals surface area contributed by atoms with E-state index in [4.69, 9.17) is 0 Å².